The summed E-state index contributed by atoms with van der Waals surface area (Å²) in [5, 5.41) is 13.6. The predicted molar refractivity (Wildman–Crippen MR) is 106 cm³/mol. The Morgan fingerprint density at radius 1 is 1.30 bits per heavy atom. The van der Waals surface area contributed by atoms with E-state index in [1.54, 1.807) is 0 Å². The molecule has 0 fully saturated rings. The molecular weight excluding hydrogens is 414 g/mol. The molecule has 27 heavy (non-hydrogen) atoms. The summed E-state index contributed by atoms with van der Waals surface area (Å²) in [4.78, 5) is 24.8. The van der Waals surface area contributed by atoms with Crippen LogP contribution in [0.3, 0.4) is 0 Å². The maximum atomic E-state index is 12.4. The van der Waals surface area contributed by atoms with Crippen molar-refractivity contribution in [1.82, 2.24) is 4.90 Å². The Morgan fingerprint density at radius 2 is 2.11 bits per heavy atom. The second-order valence-corrected chi connectivity index (χ2v) is 7.15. The number of nitro groups is 1. The smallest absolute Gasteiger partial charge is 0.270 e. The average molecular weight is 434 g/mol. The number of hydrogen-bond acceptors (Lipinski definition) is 5. The Balaban J connectivity index is 1.62. The summed E-state index contributed by atoms with van der Waals surface area (Å²) in [7, 11) is 0. The highest BCUT2D eigenvalue weighted by Crippen LogP contribution is 2.27. The Morgan fingerprint density at radius 3 is 2.81 bits per heavy atom. The first kappa shape index (κ1) is 19.3. The van der Waals surface area contributed by atoms with Crippen molar-refractivity contribution in [3.63, 3.8) is 0 Å². The van der Waals surface area contributed by atoms with Crippen molar-refractivity contribution in [1.29, 1.82) is 0 Å². The van der Waals surface area contributed by atoms with Crippen LogP contribution in [-0.2, 0) is 17.8 Å². The van der Waals surface area contributed by atoms with Gasteiger partial charge in [0.25, 0.3) is 5.69 Å². The van der Waals surface area contributed by atoms with Crippen LogP contribution in [0.25, 0.3) is 0 Å². The number of benzene rings is 2. The number of rotatable bonds is 6. The molecule has 0 atom stereocenters. The van der Waals surface area contributed by atoms with Crippen LogP contribution in [0.4, 0.5) is 11.4 Å². The molecule has 1 aliphatic rings. The van der Waals surface area contributed by atoms with E-state index in [1.807, 2.05) is 19.1 Å². The second kappa shape index (κ2) is 8.49. The van der Waals surface area contributed by atoms with Crippen molar-refractivity contribution < 1.29 is 14.5 Å². The molecule has 1 aliphatic heterocycles. The zero-order chi connectivity index (χ0) is 19.4. The Kier molecular flexibility index (Phi) is 6.08. The number of hydrogen-bond donors (Lipinski definition) is 1. The molecule has 142 valence electrons. The summed E-state index contributed by atoms with van der Waals surface area (Å²) in [6.45, 7) is 4.31. The largest absolute Gasteiger partial charge is 0.494 e. The monoisotopic (exact) mass is 433 g/mol. The summed E-state index contributed by atoms with van der Waals surface area (Å²) in [5.41, 5.74) is 2.95. The minimum absolute atomic E-state index is 0.0300. The number of carbonyl (C=O) groups excluding carboxylic acids is 1. The lowest BCUT2D eigenvalue weighted by molar-refractivity contribution is -0.384. The Hall–Kier alpha value is -2.45. The highest BCUT2D eigenvalue weighted by atomic mass is 79.9. The van der Waals surface area contributed by atoms with Gasteiger partial charge in [-0.3, -0.25) is 19.8 Å². The molecular formula is C19H20BrN3O4. The second-order valence-electron chi connectivity index (χ2n) is 6.29. The van der Waals surface area contributed by atoms with E-state index in [4.69, 9.17) is 4.74 Å². The van der Waals surface area contributed by atoms with Crippen LogP contribution in [-0.4, -0.2) is 35.4 Å². The van der Waals surface area contributed by atoms with Gasteiger partial charge in [0.2, 0.25) is 5.91 Å². The molecule has 7 nitrogen and oxygen atoms in total. The van der Waals surface area contributed by atoms with Gasteiger partial charge in [-0.25, -0.2) is 0 Å². The van der Waals surface area contributed by atoms with E-state index in [-0.39, 0.29) is 18.1 Å². The topological polar surface area (TPSA) is 84.7 Å². The van der Waals surface area contributed by atoms with Crippen LogP contribution < -0.4 is 10.1 Å². The molecule has 0 radical (unpaired) electrons. The van der Waals surface area contributed by atoms with E-state index >= 15 is 0 Å². The van der Waals surface area contributed by atoms with Crippen molar-refractivity contribution in [3.05, 3.63) is 62.1 Å². The van der Waals surface area contributed by atoms with Gasteiger partial charge in [0, 0.05) is 29.7 Å². The van der Waals surface area contributed by atoms with E-state index in [0.29, 0.717) is 23.3 Å². The normalized spacial score (nSPS) is 13.7. The summed E-state index contributed by atoms with van der Waals surface area (Å²) < 4.78 is 6.04. The quantitative estimate of drug-likeness (QED) is 0.553. The lowest BCUT2D eigenvalue weighted by Gasteiger charge is -2.28. The molecule has 2 aromatic rings. The maximum Gasteiger partial charge on any atom is 0.270 e. The third kappa shape index (κ3) is 4.84. The fourth-order valence-corrected chi connectivity index (χ4v) is 3.56. The number of ether oxygens (including phenoxy) is 1. The molecule has 8 heteroatoms. The molecule has 1 amide bonds. The highest BCUT2D eigenvalue weighted by Gasteiger charge is 2.20. The van der Waals surface area contributed by atoms with E-state index in [9.17, 15) is 14.9 Å². The summed E-state index contributed by atoms with van der Waals surface area (Å²) >= 11 is 3.27. The van der Waals surface area contributed by atoms with Crippen molar-refractivity contribution in [2.75, 3.05) is 25.0 Å². The summed E-state index contributed by atoms with van der Waals surface area (Å²) in [5.74, 6) is 0.686. The Bertz CT molecular complexity index is 872. The van der Waals surface area contributed by atoms with Crippen LogP contribution in [0, 0.1) is 10.1 Å². The van der Waals surface area contributed by atoms with Gasteiger partial charge in [0.15, 0.2) is 0 Å². The van der Waals surface area contributed by atoms with Gasteiger partial charge in [-0.15, -0.1) is 0 Å². The van der Waals surface area contributed by atoms with Crippen LogP contribution >= 0.6 is 15.9 Å². The zero-order valence-electron chi connectivity index (χ0n) is 14.9. The number of amides is 1. The molecule has 0 aromatic heterocycles. The minimum atomic E-state index is -0.474. The van der Waals surface area contributed by atoms with Gasteiger partial charge >= 0.3 is 0 Å². The van der Waals surface area contributed by atoms with E-state index in [2.05, 4.69) is 32.2 Å². The molecule has 0 aliphatic carbocycles. The molecule has 1 N–H and O–H groups in total. The first-order valence-corrected chi connectivity index (χ1v) is 9.46. The zero-order valence-corrected chi connectivity index (χ0v) is 16.5. The van der Waals surface area contributed by atoms with Crippen LogP contribution in [0.15, 0.2) is 40.9 Å². The highest BCUT2D eigenvalue weighted by molar-refractivity contribution is 9.10. The number of fused-ring (bicyclic) bond motifs is 1. The lowest BCUT2D eigenvalue weighted by Crippen LogP contribution is -2.37. The van der Waals surface area contributed by atoms with Crippen molar-refractivity contribution in [3.8, 4) is 5.75 Å². The van der Waals surface area contributed by atoms with Gasteiger partial charge in [-0.1, -0.05) is 6.07 Å². The first-order valence-electron chi connectivity index (χ1n) is 8.67. The van der Waals surface area contributed by atoms with E-state index in [0.717, 1.165) is 18.7 Å². The van der Waals surface area contributed by atoms with Crippen LogP contribution in [0.5, 0.6) is 5.75 Å². The minimum Gasteiger partial charge on any atom is -0.494 e. The fraction of sp³-hybridized carbons (Fsp3) is 0.316. The molecule has 1 heterocycles. The van der Waals surface area contributed by atoms with Gasteiger partial charge in [-0.05, 0) is 58.6 Å². The summed E-state index contributed by atoms with van der Waals surface area (Å²) in [6, 6.07) is 10.4. The molecule has 3 rings (SSSR count). The standard InChI is InChI=1S/C19H20BrN3O4/c1-2-27-16-5-3-13-7-8-22(11-14(13)9-16)12-19(24)21-18-6-4-15(23(25)26)10-17(18)20/h3-6,9-10H,2,7-8,11-12H2,1H3,(H,21,24). The van der Waals surface area contributed by atoms with Crippen molar-refractivity contribution in [2.24, 2.45) is 0 Å². The number of halogens is 1. The fourth-order valence-electron chi connectivity index (χ4n) is 3.10. The van der Waals surface area contributed by atoms with Gasteiger partial charge in [0.1, 0.15) is 5.75 Å². The third-order valence-corrected chi connectivity index (χ3v) is 5.04. The molecule has 2 aromatic carbocycles. The molecule has 0 spiro atoms. The predicted octanol–water partition coefficient (Wildman–Crippen LogP) is 3.75. The number of non-ortho nitro benzene ring substituents is 1. The van der Waals surface area contributed by atoms with Crippen molar-refractivity contribution >= 4 is 33.2 Å². The van der Waals surface area contributed by atoms with Crippen LogP contribution in [0.2, 0.25) is 0 Å². The van der Waals surface area contributed by atoms with Gasteiger partial charge < -0.3 is 10.1 Å². The molecule has 0 saturated heterocycles. The van der Waals surface area contributed by atoms with Crippen LogP contribution in [0.1, 0.15) is 18.1 Å². The molecule has 0 bridgehead atoms. The average Bonchev–Trinajstić information content (AvgIpc) is 2.63. The van der Waals surface area contributed by atoms with Crippen molar-refractivity contribution in [2.45, 2.75) is 19.9 Å². The maximum absolute atomic E-state index is 12.4. The van der Waals surface area contributed by atoms with Gasteiger partial charge in [-0.2, -0.15) is 0 Å². The SMILES string of the molecule is CCOc1ccc2c(c1)CN(CC(=O)Nc1ccc([N+](=O)[O-])cc1Br)CC2. The number of nitrogens with zero attached hydrogens (tertiary/aromatic N) is 2. The molecule has 0 unspecified atom stereocenters. The van der Waals surface area contributed by atoms with E-state index in [1.165, 1.54) is 29.3 Å². The molecule has 0 saturated carbocycles. The lowest BCUT2D eigenvalue weighted by atomic mass is 9.99. The summed E-state index contributed by atoms with van der Waals surface area (Å²) in [6.07, 6.45) is 0.885. The number of carbonyl (C=O) groups is 1. The first-order chi connectivity index (χ1) is 13.0. The van der Waals surface area contributed by atoms with Gasteiger partial charge in [0.05, 0.1) is 23.8 Å². The number of anilines is 1. The van der Waals surface area contributed by atoms with E-state index < -0.39 is 4.92 Å². The number of nitrogens with one attached hydrogen (secondary N) is 1. The number of nitro benzene ring substituents is 1. The third-order valence-electron chi connectivity index (χ3n) is 4.38. The Labute approximate surface area is 165 Å².